The topological polar surface area (TPSA) is 86.4 Å². The first-order valence-electron chi connectivity index (χ1n) is 6.83. The summed E-state index contributed by atoms with van der Waals surface area (Å²) in [7, 11) is 5.67. The lowest BCUT2D eigenvalue weighted by Crippen LogP contribution is -2.50. The second-order valence-electron chi connectivity index (χ2n) is 6.31. The number of aliphatic carboxylic acids is 1. The summed E-state index contributed by atoms with van der Waals surface area (Å²) >= 11 is 0. The molecule has 0 aliphatic rings. The molecule has 0 radical (unpaired) electrons. The van der Waals surface area contributed by atoms with Gasteiger partial charge in [-0.05, 0) is 17.7 Å². The molecule has 0 bridgehead atoms. The molecule has 3 N–H and O–H groups in total. The number of carboxylic acids is 1. The summed E-state index contributed by atoms with van der Waals surface area (Å²) in [6.07, 6.45) is 0.501. The maximum absolute atomic E-state index is 11.5. The number of hydrogen-bond donors (Lipinski definition) is 2. The molecule has 1 aromatic rings. The average molecular weight is 292 g/mol. The Balaban J connectivity index is 3.09. The SMILES string of the molecule is C=CC(c1ccc(N)cc1)C(C(=O)[O-])C(O)C[N+](C)(C)C. The number of nitrogens with zero attached hydrogens (tertiary/aromatic N) is 1. The van der Waals surface area contributed by atoms with Crippen molar-refractivity contribution in [1.29, 1.82) is 0 Å². The van der Waals surface area contributed by atoms with Gasteiger partial charge in [-0.25, -0.2) is 0 Å². The largest absolute Gasteiger partial charge is 0.550 e. The van der Waals surface area contributed by atoms with Crippen LogP contribution in [0.2, 0.25) is 0 Å². The van der Waals surface area contributed by atoms with Crippen LogP contribution in [0.25, 0.3) is 0 Å². The highest BCUT2D eigenvalue weighted by Gasteiger charge is 2.32. The Morgan fingerprint density at radius 2 is 1.90 bits per heavy atom. The van der Waals surface area contributed by atoms with Crippen LogP contribution >= 0.6 is 0 Å². The van der Waals surface area contributed by atoms with Crippen LogP contribution in [-0.2, 0) is 4.79 Å². The van der Waals surface area contributed by atoms with E-state index in [1.54, 1.807) is 24.3 Å². The Bertz CT molecular complexity index is 491. The van der Waals surface area contributed by atoms with E-state index in [4.69, 9.17) is 5.73 Å². The first-order chi connectivity index (χ1) is 9.65. The molecule has 5 nitrogen and oxygen atoms in total. The quantitative estimate of drug-likeness (QED) is 0.420. The fourth-order valence-corrected chi connectivity index (χ4v) is 2.43. The number of nitrogen functional groups attached to an aromatic ring is 1. The lowest BCUT2D eigenvalue weighted by atomic mass is 9.82. The molecule has 5 heteroatoms. The molecule has 0 aliphatic carbocycles. The first-order valence-corrected chi connectivity index (χ1v) is 6.83. The molecule has 0 aromatic heterocycles. The number of benzene rings is 1. The molecule has 0 spiro atoms. The van der Waals surface area contributed by atoms with Gasteiger partial charge in [0.1, 0.15) is 12.6 Å². The van der Waals surface area contributed by atoms with E-state index in [0.29, 0.717) is 16.7 Å². The Morgan fingerprint density at radius 3 is 2.29 bits per heavy atom. The van der Waals surface area contributed by atoms with Crippen molar-refractivity contribution < 1.29 is 19.5 Å². The van der Waals surface area contributed by atoms with Gasteiger partial charge in [-0.1, -0.05) is 18.2 Å². The van der Waals surface area contributed by atoms with Crippen LogP contribution in [-0.4, -0.2) is 49.4 Å². The van der Waals surface area contributed by atoms with Crippen molar-refractivity contribution in [3.05, 3.63) is 42.5 Å². The number of nitrogens with two attached hydrogens (primary N) is 1. The Hall–Kier alpha value is -1.85. The van der Waals surface area contributed by atoms with Crippen molar-refractivity contribution in [3.63, 3.8) is 0 Å². The van der Waals surface area contributed by atoms with Crippen LogP contribution in [0.3, 0.4) is 0 Å². The van der Waals surface area contributed by atoms with Crippen LogP contribution in [0.1, 0.15) is 11.5 Å². The lowest BCUT2D eigenvalue weighted by molar-refractivity contribution is -0.874. The molecule has 0 heterocycles. The molecule has 116 valence electrons. The zero-order valence-electron chi connectivity index (χ0n) is 12.8. The summed E-state index contributed by atoms with van der Waals surface area (Å²) in [6, 6.07) is 6.89. The van der Waals surface area contributed by atoms with E-state index in [1.165, 1.54) is 6.08 Å². The number of aliphatic hydroxyl groups excluding tert-OH is 1. The predicted molar refractivity (Wildman–Crippen MR) is 81.2 cm³/mol. The number of allylic oxidation sites excluding steroid dienone is 1. The molecule has 1 rings (SSSR count). The van der Waals surface area contributed by atoms with Crippen molar-refractivity contribution in [2.24, 2.45) is 5.92 Å². The second kappa shape index (κ2) is 6.74. The van der Waals surface area contributed by atoms with Gasteiger partial charge in [-0.3, -0.25) is 0 Å². The zero-order chi connectivity index (χ0) is 16.2. The third-order valence-electron chi connectivity index (χ3n) is 3.38. The lowest BCUT2D eigenvalue weighted by Gasteiger charge is -2.34. The molecule has 3 unspecified atom stereocenters. The Morgan fingerprint density at radius 1 is 1.38 bits per heavy atom. The number of hydrogen-bond acceptors (Lipinski definition) is 4. The minimum atomic E-state index is -1.28. The molecule has 3 atom stereocenters. The molecule has 1 aromatic carbocycles. The predicted octanol–water partition coefficient (Wildman–Crippen LogP) is -0.0284. The summed E-state index contributed by atoms with van der Waals surface area (Å²) in [6.45, 7) is 4.01. The van der Waals surface area contributed by atoms with Crippen molar-refractivity contribution >= 4 is 11.7 Å². The van der Waals surface area contributed by atoms with Gasteiger partial charge < -0.3 is 25.2 Å². The summed E-state index contributed by atoms with van der Waals surface area (Å²) in [5.74, 6) is -2.86. The summed E-state index contributed by atoms with van der Waals surface area (Å²) in [5.41, 5.74) is 6.98. The van der Waals surface area contributed by atoms with E-state index in [-0.39, 0.29) is 0 Å². The highest BCUT2D eigenvalue weighted by molar-refractivity contribution is 5.70. The third-order valence-corrected chi connectivity index (χ3v) is 3.38. The Labute approximate surface area is 125 Å². The van der Waals surface area contributed by atoms with Crippen LogP contribution in [0.4, 0.5) is 5.69 Å². The van der Waals surface area contributed by atoms with Crippen molar-refractivity contribution in [3.8, 4) is 0 Å². The number of carboxylic acid groups (broad SMARTS) is 1. The first kappa shape index (κ1) is 17.2. The monoisotopic (exact) mass is 292 g/mol. The number of carbonyl (C=O) groups is 1. The van der Waals surface area contributed by atoms with Gasteiger partial charge in [0.15, 0.2) is 0 Å². The van der Waals surface area contributed by atoms with E-state index in [9.17, 15) is 15.0 Å². The average Bonchev–Trinajstić information content (AvgIpc) is 2.34. The number of anilines is 1. The van der Waals surface area contributed by atoms with E-state index >= 15 is 0 Å². The smallest absolute Gasteiger partial charge is 0.112 e. The van der Waals surface area contributed by atoms with Gasteiger partial charge in [0.05, 0.1) is 21.1 Å². The molecule has 0 fully saturated rings. The minimum Gasteiger partial charge on any atom is -0.550 e. The van der Waals surface area contributed by atoms with Crippen LogP contribution < -0.4 is 10.8 Å². The number of quaternary nitrogens is 1. The number of likely N-dealkylation sites (N-methyl/N-ethyl adjacent to an activating group) is 1. The van der Waals surface area contributed by atoms with Gasteiger partial charge in [0, 0.05) is 23.5 Å². The van der Waals surface area contributed by atoms with E-state index in [0.717, 1.165) is 5.56 Å². The van der Waals surface area contributed by atoms with Gasteiger partial charge >= 0.3 is 0 Å². The molecular formula is C16H24N2O3. The molecular weight excluding hydrogens is 268 g/mol. The molecule has 0 aliphatic heterocycles. The van der Waals surface area contributed by atoms with Crippen LogP contribution in [0.5, 0.6) is 0 Å². The highest BCUT2D eigenvalue weighted by Crippen LogP contribution is 2.29. The van der Waals surface area contributed by atoms with Gasteiger partial charge in [-0.2, -0.15) is 0 Å². The number of aliphatic hydroxyl groups is 1. The fourth-order valence-electron chi connectivity index (χ4n) is 2.43. The summed E-state index contributed by atoms with van der Waals surface area (Å²) < 4.78 is 0.455. The van der Waals surface area contributed by atoms with Crippen LogP contribution in [0, 0.1) is 5.92 Å². The minimum absolute atomic E-state index is 0.304. The van der Waals surface area contributed by atoms with E-state index in [1.807, 2.05) is 21.1 Å². The maximum atomic E-state index is 11.5. The summed E-state index contributed by atoms with van der Waals surface area (Å²) in [4.78, 5) is 11.5. The van der Waals surface area contributed by atoms with Crippen LogP contribution in [0.15, 0.2) is 36.9 Å². The summed E-state index contributed by atoms with van der Waals surface area (Å²) in [5, 5.41) is 21.8. The zero-order valence-corrected chi connectivity index (χ0v) is 12.8. The van der Waals surface area contributed by atoms with Crippen molar-refractivity contribution in [2.45, 2.75) is 12.0 Å². The van der Waals surface area contributed by atoms with Gasteiger partial charge in [0.2, 0.25) is 0 Å². The maximum Gasteiger partial charge on any atom is 0.112 e. The number of carbonyl (C=O) groups excluding carboxylic acids is 1. The molecule has 21 heavy (non-hydrogen) atoms. The standard InChI is InChI=1S/C16H24N2O3/c1-5-13(11-6-8-12(17)9-7-11)15(16(20)21)14(19)10-18(2,3)4/h5-9,13-15,19H,1,10,17H2,2-4H3. The van der Waals surface area contributed by atoms with Crippen molar-refractivity contribution in [1.82, 2.24) is 0 Å². The van der Waals surface area contributed by atoms with Gasteiger partial charge in [0.25, 0.3) is 0 Å². The molecule has 0 saturated heterocycles. The second-order valence-corrected chi connectivity index (χ2v) is 6.31. The molecule has 0 amide bonds. The highest BCUT2D eigenvalue weighted by atomic mass is 16.4. The number of rotatable bonds is 7. The third kappa shape index (κ3) is 4.88. The van der Waals surface area contributed by atoms with E-state index in [2.05, 4.69) is 6.58 Å². The normalized spacial score (nSPS) is 16.0. The Kier molecular flexibility index (Phi) is 5.52. The van der Waals surface area contributed by atoms with E-state index < -0.39 is 23.9 Å². The molecule has 0 saturated carbocycles. The van der Waals surface area contributed by atoms with Crippen molar-refractivity contribution in [2.75, 3.05) is 33.4 Å². The van der Waals surface area contributed by atoms with Gasteiger partial charge in [-0.15, -0.1) is 6.58 Å². The fraction of sp³-hybridized carbons (Fsp3) is 0.438.